The summed E-state index contributed by atoms with van der Waals surface area (Å²) >= 11 is 0. The molecule has 0 aliphatic heterocycles. The number of carbonyl (C=O) groups is 2. The Labute approximate surface area is 154 Å². The Morgan fingerprint density at radius 1 is 1.16 bits per heavy atom. The summed E-state index contributed by atoms with van der Waals surface area (Å²) in [6.07, 6.45) is 3.69. The van der Waals surface area contributed by atoms with Gasteiger partial charge in [-0.15, -0.1) is 0 Å². The third kappa shape index (κ3) is 6.09. The minimum absolute atomic E-state index is 0.0290. The molecule has 4 atom stereocenters. The first-order valence-electron chi connectivity index (χ1n) is 9.68. The van der Waals surface area contributed by atoms with Crippen molar-refractivity contribution in [2.24, 2.45) is 22.2 Å². The maximum Gasteiger partial charge on any atom is 0.332 e. The smallest absolute Gasteiger partial charge is 0.332 e. The summed E-state index contributed by atoms with van der Waals surface area (Å²) in [6, 6.07) is 0. The Bertz CT molecular complexity index is 479. The van der Waals surface area contributed by atoms with Crippen molar-refractivity contribution in [3.8, 4) is 0 Å². The molecule has 0 bridgehead atoms. The first-order chi connectivity index (χ1) is 11.4. The average Bonchev–Trinajstić information content (AvgIpc) is 3.17. The number of hydrogen-bond acceptors (Lipinski definition) is 4. The summed E-state index contributed by atoms with van der Waals surface area (Å²) in [5.74, 6) is 0.323. The van der Waals surface area contributed by atoms with Crippen LogP contribution in [0.2, 0.25) is 0 Å². The summed E-state index contributed by atoms with van der Waals surface area (Å²) in [5, 5.41) is 0. The number of rotatable bonds is 10. The van der Waals surface area contributed by atoms with Crippen molar-refractivity contribution >= 4 is 11.8 Å². The summed E-state index contributed by atoms with van der Waals surface area (Å²) in [5.41, 5.74) is -0.233. The molecule has 1 aliphatic carbocycles. The van der Waals surface area contributed by atoms with E-state index in [0.717, 1.165) is 25.7 Å². The lowest BCUT2D eigenvalue weighted by molar-refractivity contribution is -0.158. The molecule has 1 aliphatic rings. The van der Waals surface area contributed by atoms with Crippen LogP contribution in [0, 0.1) is 22.2 Å². The fourth-order valence-corrected chi connectivity index (χ4v) is 3.94. The topological polar surface area (TPSA) is 52.6 Å². The van der Waals surface area contributed by atoms with E-state index in [9.17, 15) is 9.59 Å². The number of ether oxygens (including phenoxy) is 2. The van der Waals surface area contributed by atoms with Crippen molar-refractivity contribution in [3.63, 3.8) is 0 Å². The first-order valence-corrected chi connectivity index (χ1v) is 9.68. The molecule has 0 saturated heterocycles. The molecule has 4 heteroatoms. The molecule has 25 heavy (non-hydrogen) atoms. The zero-order valence-electron chi connectivity index (χ0n) is 17.5. The molecular weight excluding hydrogens is 316 g/mol. The lowest BCUT2D eigenvalue weighted by Crippen LogP contribution is -2.35. The van der Waals surface area contributed by atoms with Gasteiger partial charge in [0, 0.05) is 10.8 Å². The van der Waals surface area contributed by atoms with Crippen molar-refractivity contribution in [3.05, 3.63) is 0 Å². The second kappa shape index (κ2) is 8.20. The van der Waals surface area contributed by atoms with Gasteiger partial charge in [0.1, 0.15) is 19.3 Å². The predicted molar refractivity (Wildman–Crippen MR) is 100 cm³/mol. The quantitative estimate of drug-likeness (QED) is 0.529. The van der Waals surface area contributed by atoms with Crippen LogP contribution in [0.25, 0.3) is 0 Å². The van der Waals surface area contributed by atoms with Crippen molar-refractivity contribution in [1.29, 1.82) is 0 Å². The number of Topliss-reactive ketones (excluding diaryl/α,β-unsaturated/α-hetero) is 1. The zero-order valence-corrected chi connectivity index (χ0v) is 17.5. The highest BCUT2D eigenvalue weighted by Crippen LogP contribution is 2.57. The van der Waals surface area contributed by atoms with E-state index in [1.807, 2.05) is 20.8 Å². The molecule has 0 amide bonds. The molecule has 0 aromatic heterocycles. The van der Waals surface area contributed by atoms with Gasteiger partial charge in [-0.25, -0.2) is 4.79 Å². The lowest BCUT2D eigenvalue weighted by atomic mass is 9.71. The molecular formula is C21H38O4. The van der Waals surface area contributed by atoms with Gasteiger partial charge >= 0.3 is 5.97 Å². The number of ketones is 1. The van der Waals surface area contributed by atoms with E-state index in [1.165, 1.54) is 0 Å². The van der Waals surface area contributed by atoms with Crippen LogP contribution in [0.15, 0.2) is 0 Å². The van der Waals surface area contributed by atoms with Crippen LogP contribution in [0.4, 0.5) is 0 Å². The van der Waals surface area contributed by atoms with E-state index in [1.54, 1.807) is 0 Å². The fourth-order valence-electron chi connectivity index (χ4n) is 3.94. The Morgan fingerprint density at radius 3 is 2.20 bits per heavy atom. The molecule has 4 unspecified atom stereocenters. The molecule has 146 valence electrons. The van der Waals surface area contributed by atoms with Crippen LogP contribution in [-0.2, 0) is 19.1 Å². The van der Waals surface area contributed by atoms with Crippen LogP contribution < -0.4 is 0 Å². The molecule has 4 nitrogen and oxygen atoms in total. The molecule has 0 N–H and O–H groups in total. The minimum Gasteiger partial charge on any atom is -0.460 e. The van der Waals surface area contributed by atoms with E-state index in [2.05, 4.69) is 34.6 Å². The van der Waals surface area contributed by atoms with Crippen molar-refractivity contribution in [2.75, 3.05) is 13.2 Å². The zero-order chi connectivity index (χ0) is 19.5. The van der Waals surface area contributed by atoms with Gasteiger partial charge in [0.15, 0.2) is 5.78 Å². The fraction of sp³-hybridized carbons (Fsp3) is 0.905. The maximum atomic E-state index is 12.6. The van der Waals surface area contributed by atoms with Gasteiger partial charge in [0.05, 0.1) is 0 Å². The van der Waals surface area contributed by atoms with Crippen molar-refractivity contribution < 1.29 is 19.1 Å². The van der Waals surface area contributed by atoms with E-state index < -0.39 is 5.41 Å². The molecule has 0 heterocycles. The van der Waals surface area contributed by atoms with E-state index in [0.29, 0.717) is 5.92 Å². The SMILES string of the molecule is CCC1CC1(C)C(C)OC(=O)COCC(=O)C(C)(CC)CC(C)(C)C. The summed E-state index contributed by atoms with van der Waals surface area (Å²) in [7, 11) is 0. The van der Waals surface area contributed by atoms with Crippen molar-refractivity contribution in [2.45, 2.75) is 87.2 Å². The van der Waals surface area contributed by atoms with Gasteiger partial charge in [-0.3, -0.25) is 4.79 Å². The molecule has 1 saturated carbocycles. The highest BCUT2D eigenvalue weighted by atomic mass is 16.6. The lowest BCUT2D eigenvalue weighted by Gasteiger charge is -2.33. The average molecular weight is 355 g/mol. The highest BCUT2D eigenvalue weighted by Gasteiger charge is 2.54. The molecule has 0 aromatic rings. The van der Waals surface area contributed by atoms with Crippen LogP contribution >= 0.6 is 0 Å². The summed E-state index contributed by atoms with van der Waals surface area (Å²) < 4.78 is 10.9. The summed E-state index contributed by atoms with van der Waals surface area (Å²) in [6.45, 7) is 16.5. The number of hydrogen-bond donors (Lipinski definition) is 0. The minimum atomic E-state index is -0.411. The first kappa shape index (κ1) is 22.1. The second-order valence-corrected chi connectivity index (χ2v) is 9.51. The van der Waals surface area contributed by atoms with E-state index in [-0.39, 0.29) is 41.9 Å². The van der Waals surface area contributed by atoms with Gasteiger partial charge in [-0.05, 0) is 37.5 Å². The van der Waals surface area contributed by atoms with E-state index in [4.69, 9.17) is 9.47 Å². The van der Waals surface area contributed by atoms with Gasteiger partial charge in [0.25, 0.3) is 0 Å². The molecule has 1 fully saturated rings. The van der Waals surface area contributed by atoms with Crippen LogP contribution in [0.1, 0.15) is 81.1 Å². The predicted octanol–water partition coefficient (Wildman–Crippen LogP) is 4.79. The third-order valence-corrected chi connectivity index (χ3v) is 6.02. The van der Waals surface area contributed by atoms with Gasteiger partial charge in [0.2, 0.25) is 0 Å². The third-order valence-electron chi connectivity index (χ3n) is 6.02. The van der Waals surface area contributed by atoms with Gasteiger partial charge in [-0.1, -0.05) is 54.9 Å². The Balaban J connectivity index is 2.40. The normalized spacial score (nSPS) is 26.6. The summed E-state index contributed by atoms with van der Waals surface area (Å²) in [4.78, 5) is 24.5. The number of carbonyl (C=O) groups excluding carboxylic acids is 2. The van der Waals surface area contributed by atoms with Gasteiger partial charge in [-0.2, -0.15) is 0 Å². The van der Waals surface area contributed by atoms with E-state index >= 15 is 0 Å². The monoisotopic (exact) mass is 354 g/mol. The van der Waals surface area contributed by atoms with Gasteiger partial charge < -0.3 is 9.47 Å². The molecule has 0 radical (unpaired) electrons. The number of esters is 1. The van der Waals surface area contributed by atoms with Crippen LogP contribution in [-0.4, -0.2) is 31.1 Å². The standard InChI is InChI=1S/C21H38O4/c1-9-16-11-21(16,8)15(3)25-18(23)13-24-12-17(22)20(7,10-2)14-19(4,5)6/h15-16H,9-14H2,1-8H3. The Kier molecular flexibility index (Phi) is 7.26. The maximum absolute atomic E-state index is 12.6. The molecule has 0 aromatic carbocycles. The van der Waals surface area contributed by atoms with Crippen LogP contribution in [0.3, 0.4) is 0 Å². The Hall–Kier alpha value is -0.900. The largest absolute Gasteiger partial charge is 0.460 e. The Morgan fingerprint density at radius 2 is 1.76 bits per heavy atom. The molecule has 1 rings (SSSR count). The van der Waals surface area contributed by atoms with Crippen molar-refractivity contribution in [1.82, 2.24) is 0 Å². The second-order valence-electron chi connectivity index (χ2n) is 9.51. The molecule has 0 spiro atoms. The van der Waals surface area contributed by atoms with Crippen LogP contribution in [0.5, 0.6) is 0 Å². The highest BCUT2D eigenvalue weighted by molar-refractivity contribution is 5.85.